The number of rotatable bonds is 2. The van der Waals surface area contributed by atoms with Crippen LogP contribution in [0.2, 0.25) is 5.02 Å². The first-order chi connectivity index (χ1) is 7.20. The van der Waals surface area contributed by atoms with Gasteiger partial charge in [-0.25, -0.2) is 9.07 Å². The highest BCUT2D eigenvalue weighted by atomic mass is 35.5. The first kappa shape index (κ1) is 10.1. The Morgan fingerprint density at radius 1 is 1.47 bits per heavy atom. The van der Waals surface area contributed by atoms with Crippen LogP contribution in [-0.2, 0) is 6.54 Å². The molecule has 15 heavy (non-hydrogen) atoms. The summed E-state index contributed by atoms with van der Waals surface area (Å²) in [6.07, 6.45) is 3.17. The lowest BCUT2D eigenvalue weighted by molar-refractivity contribution is 0.624. The summed E-state index contributed by atoms with van der Waals surface area (Å²) in [6, 6.07) is 4.38. The third-order valence-electron chi connectivity index (χ3n) is 2.06. The minimum atomic E-state index is -0.308. The highest BCUT2D eigenvalue weighted by molar-refractivity contribution is 6.30. The number of nitrogens with two attached hydrogens (primary N) is 1. The molecule has 5 heteroatoms. The van der Waals surface area contributed by atoms with Crippen molar-refractivity contribution in [3.63, 3.8) is 0 Å². The third kappa shape index (κ3) is 2.00. The van der Waals surface area contributed by atoms with Gasteiger partial charge in [-0.05, 0) is 23.8 Å². The maximum atomic E-state index is 12.9. The van der Waals surface area contributed by atoms with Gasteiger partial charge >= 0.3 is 0 Å². The molecule has 1 aromatic carbocycles. The van der Waals surface area contributed by atoms with Crippen molar-refractivity contribution in [2.45, 2.75) is 6.54 Å². The molecule has 1 heterocycles. The van der Waals surface area contributed by atoms with Crippen LogP contribution in [0.25, 0.3) is 5.69 Å². The van der Waals surface area contributed by atoms with E-state index in [0.717, 1.165) is 5.69 Å². The average Bonchev–Trinajstić information content (AvgIpc) is 2.64. The molecule has 3 nitrogen and oxygen atoms in total. The van der Waals surface area contributed by atoms with Crippen LogP contribution in [0.1, 0.15) is 5.56 Å². The molecule has 0 aliphatic rings. The van der Waals surface area contributed by atoms with Crippen LogP contribution < -0.4 is 5.73 Å². The Morgan fingerprint density at radius 2 is 2.27 bits per heavy atom. The quantitative estimate of drug-likeness (QED) is 0.851. The van der Waals surface area contributed by atoms with E-state index in [1.165, 1.54) is 18.3 Å². The zero-order chi connectivity index (χ0) is 10.8. The zero-order valence-electron chi connectivity index (χ0n) is 7.82. The summed E-state index contributed by atoms with van der Waals surface area (Å²) in [7, 11) is 0. The summed E-state index contributed by atoms with van der Waals surface area (Å²) in [6.45, 7) is 0.255. The molecule has 2 aromatic rings. The predicted octanol–water partition coefficient (Wildman–Crippen LogP) is 2.12. The third-order valence-corrected chi connectivity index (χ3v) is 2.25. The summed E-state index contributed by atoms with van der Waals surface area (Å²) in [5.74, 6) is -0.308. The van der Waals surface area contributed by atoms with Crippen LogP contribution in [0, 0.1) is 5.82 Å². The molecule has 0 atom stereocenters. The van der Waals surface area contributed by atoms with Crippen LogP contribution in [0.15, 0.2) is 30.6 Å². The monoisotopic (exact) mass is 225 g/mol. The molecule has 0 fully saturated rings. The van der Waals surface area contributed by atoms with Crippen molar-refractivity contribution in [1.82, 2.24) is 9.78 Å². The molecule has 0 unspecified atom stereocenters. The van der Waals surface area contributed by atoms with Crippen LogP contribution in [0.3, 0.4) is 0 Å². The number of aromatic nitrogens is 2. The lowest BCUT2D eigenvalue weighted by Crippen LogP contribution is -2.05. The number of hydrogen-bond acceptors (Lipinski definition) is 2. The molecule has 0 bridgehead atoms. The van der Waals surface area contributed by atoms with Gasteiger partial charge in [0.1, 0.15) is 5.82 Å². The Kier molecular flexibility index (Phi) is 2.70. The standard InChI is InChI=1S/C10H9ClFN3/c11-8-5-14-15(6-8)10-2-1-9(12)3-7(10)4-13/h1-3,5-6H,4,13H2. The van der Waals surface area contributed by atoms with Crippen molar-refractivity contribution in [3.05, 3.63) is 47.0 Å². The van der Waals surface area contributed by atoms with Gasteiger partial charge in [0.05, 0.1) is 16.9 Å². The fourth-order valence-electron chi connectivity index (χ4n) is 1.37. The smallest absolute Gasteiger partial charge is 0.123 e. The van der Waals surface area contributed by atoms with E-state index in [2.05, 4.69) is 5.10 Å². The van der Waals surface area contributed by atoms with E-state index in [1.54, 1.807) is 16.9 Å². The predicted molar refractivity (Wildman–Crippen MR) is 56.4 cm³/mol. The fraction of sp³-hybridized carbons (Fsp3) is 0.100. The Morgan fingerprint density at radius 3 is 2.87 bits per heavy atom. The van der Waals surface area contributed by atoms with Gasteiger partial charge in [0, 0.05) is 12.7 Å². The van der Waals surface area contributed by atoms with Crippen molar-refractivity contribution >= 4 is 11.6 Å². The summed E-state index contributed by atoms with van der Waals surface area (Å²) >= 11 is 5.75. The molecule has 0 saturated heterocycles. The van der Waals surface area contributed by atoms with Gasteiger partial charge in [0.2, 0.25) is 0 Å². The molecular weight excluding hydrogens is 217 g/mol. The molecule has 2 rings (SSSR count). The fourth-order valence-corrected chi connectivity index (χ4v) is 1.51. The zero-order valence-corrected chi connectivity index (χ0v) is 8.58. The van der Waals surface area contributed by atoms with E-state index < -0.39 is 0 Å². The van der Waals surface area contributed by atoms with E-state index in [0.29, 0.717) is 10.6 Å². The van der Waals surface area contributed by atoms with Gasteiger partial charge in [-0.3, -0.25) is 0 Å². The van der Waals surface area contributed by atoms with Crippen LogP contribution >= 0.6 is 11.6 Å². The topological polar surface area (TPSA) is 43.8 Å². The number of halogens is 2. The lowest BCUT2D eigenvalue weighted by atomic mass is 10.2. The van der Waals surface area contributed by atoms with Crippen LogP contribution in [0.5, 0.6) is 0 Å². The highest BCUT2D eigenvalue weighted by Crippen LogP contribution is 2.17. The van der Waals surface area contributed by atoms with Crippen molar-refractivity contribution < 1.29 is 4.39 Å². The summed E-state index contributed by atoms with van der Waals surface area (Å²) in [5, 5.41) is 4.56. The largest absolute Gasteiger partial charge is 0.326 e. The highest BCUT2D eigenvalue weighted by Gasteiger charge is 2.06. The Hall–Kier alpha value is -1.39. The van der Waals surface area contributed by atoms with E-state index in [9.17, 15) is 4.39 Å². The van der Waals surface area contributed by atoms with Gasteiger partial charge in [-0.1, -0.05) is 11.6 Å². The number of nitrogens with zero attached hydrogens (tertiary/aromatic N) is 2. The van der Waals surface area contributed by atoms with Gasteiger partial charge in [0.25, 0.3) is 0 Å². The normalized spacial score (nSPS) is 10.6. The molecule has 0 amide bonds. The van der Waals surface area contributed by atoms with Crippen molar-refractivity contribution in [2.24, 2.45) is 5.73 Å². The first-order valence-corrected chi connectivity index (χ1v) is 4.77. The van der Waals surface area contributed by atoms with E-state index >= 15 is 0 Å². The Labute approximate surface area is 91.3 Å². The van der Waals surface area contributed by atoms with Gasteiger partial charge in [-0.2, -0.15) is 5.10 Å². The van der Waals surface area contributed by atoms with Crippen molar-refractivity contribution in [1.29, 1.82) is 0 Å². The van der Waals surface area contributed by atoms with E-state index in [-0.39, 0.29) is 12.4 Å². The minimum Gasteiger partial charge on any atom is -0.326 e. The van der Waals surface area contributed by atoms with Gasteiger partial charge in [-0.15, -0.1) is 0 Å². The van der Waals surface area contributed by atoms with Crippen LogP contribution in [-0.4, -0.2) is 9.78 Å². The first-order valence-electron chi connectivity index (χ1n) is 4.40. The van der Waals surface area contributed by atoms with Gasteiger partial charge < -0.3 is 5.73 Å². The second-order valence-corrected chi connectivity index (χ2v) is 3.52. The average molecular weight is 226 g/mol. The van der Waals surface area contributed by atoms with Crippen molar-refractivity contribution in [3.8, 4) is 5.69 Å². The second kappa shape index (κ2) is 4.00. The van der Waals surface area contributed by atoms with E-state index in [4.69, 9.17) is 17.3 Å². The molecule has 0 saturated carbocycles. The van der Waals surface area contributed by atoms with Crippen LogP contribution in [0.4, 0.5) is 4.39 Å². The van der Waals surface area contributed by atoms with E-state index in [1.807, 2.05) is 0 Å². The second-order valence-electron chi connectivity index (χ2n) is 3.08. The van der Waals surface area contributed by atoms with Crippen molar-refractivity contribution in [2.75, 3.05) is 0 Å². The maximum Gasteiger partial charge on any atom is 0.123 e. The molecule has 1 aromatic heterocycles. The summed E-state index contributed by atoms with van der Waals surface area (Å²) in [4.78, 5) is 0. The Balaban J connectivity index is 2.52. The molecular formula is C10H9ClFN3. The van der Waals surface area contributed by atoms with Gasteiger partial charge in [0.15, 0.2) is 0 Å². The number of hydrogen-bond donors (Lipinski definition) is 1. The summed E-state index contributed by atoms with van der Waals surface area (Å²) < 4.78 is 14.5. The molecule has 0 aliphatic carbocycles. The maximum absolute atomic E-state index is 12.9. The Bertz CT molecular complexity index is 481. The molecule has 0 spiro atoms. The summed E-state index contributed by atoms with van der Waals surface area (Å²) in [5.41, 5.74) is 6.95. The molecule has 78 valence electrons. The molecule has 2 N–H and O–H groups in total. The lowest BCUT2D eigenvalue weighted by Gasteiger charge is -2.07. The SMILES string of the molecule is NCc1cc(F)ccc1-n1cc(Cl)cn1. The molecule has 0 aliphatic heterocycles. The minimum absolute atomic E-state index is 0.255. The molecule has 0 radical (unpaired) electrons. The number of benzene rings is 1.